The summed E-state index contributed by atoms with van der Waals surface area (Å²) in [5.74, 6) is 0.589. The van der Waals surface area contributed by atoms with E-state index in [2.05, 4.69) is 0 Å². The quantitative estimate of drug-likeness (QED) is 0.851. The van der Waals surface area contributed by atoms with E-state index in [4.69, 9.17) is 39.0 Å². The van der Waals surface area contributed by atoms with E-state index in [1.54, 1.807) is 19.2 Å². The van der Waals surface area contributed by atoms with Crippen molar-refractivity contribution in [2.24, 2.45) is 5.73 Å². The molecule has 0 atom stereocenters. The lowest BCUT2D eigenvalue weighted by molar-refractivity contribution is 0.304. The van der Waals surface area contributed by atoms with Crippen LogP contribution >= 0.6 is 23.8 Å². The lowest BCUT2D eigenvalue weighted by atomic mass is 10.1. The highest BCUT2D eigenvalue weighted by Gasteiger charge is 2.08. The van der Waals surface area contributed by atoms with Gasteiger partial charge in [-0.2, -0.15) is 0 Å². The molecule has 0 heterocycles. The Kier molecular flexibility index (Phi) is 4.98. The van der Waals surface area contributed by atoms with Gasteiger partial charge in [0.25, 0.3) is 0 Å². The second-order valence-corrected chi connectivity index (χ2v) is 5.11. The topological polar surface area (TPSA) is 44.5 Å². The smallest absolute Gasteiger partial charge is 0.142 e. The third-order valence-electron chi connectivity index (χ3n) is 2.83. The van der Waals surface area contributed by atoms with Crippen molar-refractivity contribution in [3.8, 4) is 11.5 Å². The van der Waals surface area contributed by atoms with Crippen LogP contribution in [-0.2, 0) is 6.61 Å². The summed E-state index contributed by atoms with van der Waals surface area (Å²) in [5.41, 5.74) is 7.14. The van der Waals surface area contributed by atoms with Gasteiger partial charge in [0, 0.05) is 6.07 Å². The van der Waals surface area contributed by atoms with E-state index < -0.39 is 5.82 Å². The highest BCUT2D eigenvalue weighted by atomic mass is 35.5. The molecule has 21 heavy (non-hydrogen) atoms. The molecule has 0 unspecified atom stereocenters. The van der Waals surface area contributed by atoms with Crippen LogP contribution in [0.1, 0.15) is 11.1 Å². The minimum atomic E-state index is -0.480. The van der Waals surface area contributed by atoms with Crippen molar-refractivity contribution in [3.63, 3.8) is 0 Å². The van der Waals surface area contributed by atoms with Crippen LogP contribution in [0.4, 0.5) is 4.39 Å². The van der Waals surface area contributed by atoms with Gasteiger partial charge in [-0.3, -0.25) is 0 Å². The molecule has 2 rings (SSSR count). The maximum Gasteiger partial charge on any atom is 0.142 e. The second-order valence-electron chi connectivity index (χ2n) is 4.26. The molecule has 0 aliphatic rings. The Bertz CT molecular complexity index is 679. The monoisotopic (exact) mass is 325 g/mol. The average molecular weight is 326 g/mol. The van der Waals surface area contributed by atoms with Crippen molar-refractivity contribution in [2.75, 3.05) is 7.11 Å². The molecule has 2 aromatic carbocycles. The van der Waals surface area contributed by atoms with Crippen molar-refractivity contribution >= 4 is 28.8 Å². The third kappa shape index (κ3) is 3.83. The summed E-state index contributed by atoms with van der Waals surface area (Å²) in [6.45, 7) is 0.288. The lowest BCUT2D eigenvalue weighted by Crippen LogP contribution is -2.11. The summed E-state index contributed by atoms with van der Waals surface area (Å²) in [4.78, 5) is 0.268. The standard InChI is InChI=1S/C15H13ClFNO2S/c1-19-14-6-9(2-4-11(14)15(18)21)8-20-10-3-5-13(17)12(16)7-10/h2-7H,8H2,1H3,(H2,18,21). The zero-order valence-electron chi connectivity index (χ0n) is 11.2. The third-order valence-corrected chi connectivity index (χ3v) is 3.34. The first kappa shape index (κ1) is 15.5. The molecule has 0 fully saturated rings. The van der Waals surface area contributed by atoms with Crippen molar-refractivity contribution in [2.45, 2.75) is 6.61 Å². The Balaban J connectivity index is 2.13. The summed E-state index contributed by atoms with van der Waals surface area (Å²) in [6.07, 6.45) is 0. The Labute approximate surface area is 132 Å². The molecule has 3 nitrogen and oxygen atoms in total. The maximum atomic E-state index is 13.1. The number of halogens is 2. The van der Waals surface area contributed by atoms with Gasteiger partial charge in [-0.25, -0.2) is 4.39 Å². The van der Waals surface area contributed by atoms with Gasteiger partial charge < -0.3 is 15.2 Å². The molecule has 0 bridgehead atoms. The van der Waals surface area contributed by atoms with E-state index in [1.165, 1.54) is 18.2 Å². The van der Waals surface area contributed by atoms with Crippen LogP contribution in [0.5, 0.6) is 11.5 Å². The van der Waals surface area contributed by atoms with E-state index in [-0.39, 0.29) is 16.6 Å². The molecule has 0 saturated heterocycles. The Morgan fingerprint density at radius 2 is 2.05 bits per heavy atom. The molecule has 0 radical (unpaired) electrons. The summed E-state index contributed by atoms with van der Waals surface area (Å²) < 4.78 is 23.9. The molecule has 0 amide bonds. The molecule has 2 aromatic rings. The minimum absolute atomic E-state index is 0.0221. The van der Waals surface area contributed by atoms with E-state index in [0.717, 1.165) is 5.56 Å². The van der Waals surface area contributed by atoms with Crippen molar-refractivity contribution in [1.29, 1.82) is 0 Å². The fraction of sp³-hybridized carbons (Fsp3) is 0.133. The van der Waals surface area contributed by atoms with Gasteiger partial charge in [-0.15, -0.1) is 0 Å². The van der Waals surface area contributed by atoms with E-state index in [1.807, 2.05) is 6.07 Å². The highest BCUT2D eigenvalue weighted by Crippen LogP contribution is 2.24. The summed E-state index contributed by atoms with van der Waals surface area (Å²) in [7, 11) is 1.54. The number of thiocarbonyl (C=S) groups is 1. The number of benzene rings is 2. The summed E-state index contributed by atoms with van der Waals surface area (Å²) >= 11 is 10.6. The SMILES string of the molecule is COc1cc(COc2ccc(F)c(Cl)c2)ccc1C(N)=S. The van der Waals surface area contributed by atoms with Crippen LogP contribution in [-0.4, -0.2) is 12.1 Å². The van der Waals surface area contributed by atoms with Crippen molar-refractivity contribution in [1.82, 2.24) is 0 Å². The molecule has 6 heteroatoms. The first-order chi connectivity index (χ1) is 10.0. The van der Waals surface area contributed by atoms with Gasteiger partial charge in [0.05, 0.1) is 17.7 Å². The average Bonchev–Trinajstić information content (AvgIpc) is 2.48. The summed E-state index contributed by atoms with van der Waals surface area (Å²) in [5, 5.41) is 0.0221. The van der Waals surface area contributed by atoms with Gasteiger partial charge >= 0.3 is 0 Å². The van der Waals surface area contributed by atoms with Gasteiger partial charge in [-0.1, -0.05) is 29.9 Å². The molecular weight excluding hydrogens is 313 g/mol. The molecule has 0 saturated carbocycles. The zero-order chi connectivity index (χ0) is 15.4. The fourth-order valence-electron chi connectivity index (χ4n) is 1.76. The van der Waals surface area contributed by atoms with Gasteiger partial charge in [0.15, 0.2) is 0 Å². The molecule has 0 aliphatic heterocycles. The van der Waals surface area contributed by atoms with Gasteiger partial charge in [0.2, 0.25) is 0 Å². The normalized spacial score (nSPS) is 10.2. The maximum absolute atomic E-state index is 13.1. The van der Waals surface area contributed by atoms with Crippen LogP contribution in [0.25, 0.3) is 0 Å². The Morgan fingerprint density at radius 3 is 2.67 bits per heavy atom. The molecule has 110 valence electrons. The molecule has 2 N–H and O–H groups in total. The number of nitrogens with two attached hydrogens (primary N) is 1. The summed E-state index contributed by atoms with van der Waals surface area (Å²) in [6, 6.07) is 9.60. The fourth-order valence-corrected chi connectivity index (χ4v) is 2.10. The van der Waals surface area contributed by atoms with Crippen LogP contribution in [0.3, 0.4) is 0 Å². The first-order valence-electron chi connectivity index (χ1n) is 6.06. The Hall–Kier alpha value is -1.85. The van der Waals surface area contributed by atoms with Crippen LogP contribution in [0, 0.1) is 5.82 Å². The zero-order valence-corrected chi connectivity index (χ0v) is 12.8. The van der Waals surface area contributed by atoms with E-state index >= 15 is 0 Å². The lowest BCUT2D eigenvalue weighted by Gasteiger charge is -2.11. The predicted molar refractivity (Wildman–Crippen MR) is 84.6 cm³/mol. The molecular formula is C15H13ClFNO2S. The second kappa shape index (κ2) is 6.74. The minimum Gasteiger partial charge on any atom is -0.496 e. The largest absolute Gasteiger partial charge is 0.496 e. The van der Waals surface area contributed by atoms with Gasteiger partial charge in [0.1, 0.15) is 28.9 Å². The number of hydrogen-bond acceptors (Lipinski definition) is 3. The highest BCUT2D eigenvalue weighted by molar-refractivity contribution is 7.80. The number of hydrogen-bond donors (Lipinski definition) is 1. The van der Waals surface area contributed by atoms with Crippen molar-refractivity contribution in [3.05, 3.63) is 58.4 Å². The number of methoxy groups -OCH3 is 1. The Morgan fingerprint density at radius 1 is 1.29 bits per heavy atom. The number of ether oxygens (including phenoxy) is 2. The van der Waals surface area contributed by atoms with Crippen LogP contribution in [0.2, 0.25) is 5.02 Å². The molecule has 0 aliphatic carbocycles. The predicted octanol–water partition coefficient (Wildman–Crippen LogP) is 3.70. The first-order valence-corrected chi connectivity index (χ1v) is 6.84. The van der Waals surface area contributed by atoms with Gasteiger partial charge in [-0.05, 0) is 29.8 Å². The molecule has 0 spiro atoms. The van der Waals surface area contributed by atoms with Crippen LogP contribution < -0.4 is 15.2 Å². The van der Waals surface area contributed by atoms with E-state index in [9.17, 15) is 4.39 Å². The van der Waals surface area contributed by atoms with Crippen LogP contribution in [0.15, 0.2) is 36.4 Å². The number of rotatable bonds is 5. The van der Waals surface area contributed by atoms with Crippen molar-refractivity contribution < 1.29 is 13.9 Å². The van der Waals surface area contributed by atoms with E-state index in [0.29, 0.717) is 17.1 Å². The molecule has 0 aromatic heterocycles.